The monoisotopic (exact) mass is 204 g/mol. The predicted molar refractivity (Wildman–Crippen MR) is 64.9 cm³/mol. The Labute approximate surface area is 92.5 Å². The fraction of sp³-hybridized carbons (Fsp3) is 0.429. The van der Waals surface area contributed by atoms with Gasteiger partial charge in [-0.1, -0.05) is 42.0 Å². The highest BCUT2D eigenvalue weighted by Gasteiger charge is 2.08. The molecule has 0 aliphatic heterocycles. The third-order valence-corrected chi connectivity index (χ3v) is 2.56. The summed E-state index contributed by atoms with van der Waals surface area (Å²) in [6, 6.07) is 10.4. The molecule has 1 N–H and O–H groups in total. The zero-order chi connectivity index (χ0) is 11.1. The maximum absolute atomic E-state index is 9.04. The third-order valence-electron chi connectivity index (χ3n) is 2.56. The lowest BCUT2D eigenvalue weighted by atomic mass is 9.92. The fourth-order valence-electron chi connectivity index (χ4n) is 1.68. The molecule has 1 unspecified atom stereocenters. The second kappa shape index (κ2) is 6.41. The van der Waals surface area contributed by atoms with Gasteiger partial charge < -0.3 is 5.11 Å². The summed E-state index contributed by atoms with van der Waals surface area (Å²) >= 11 is 0. The molecular weight excluding hydrogens is 184 g/mol. The van der Waals surface area contributed by atoms with Gasteiger partial charge in [-0.05, 0) is 38.2 Å². The highest BCUT2D eigenvalue weighted by Crippen LogP contribution is 2.23. The number of aliphatic hydroxyl groups excluding tert-OH is 1. The van der Waals surface area contributed by atoms with Crippen molar-refractivity contribution in [3.63, 3.8) is 0 Å². The van der Waals surface area contributed by atoms with Crippen molar-refractivity contribution in [1.29, 1.82) is 0 Å². The Hall–Kier alpha value is -1.08. The van der Waals surface area contributed by atoms with Crippen LogP contribution in [0.3, 0.4) is 0 Å². The van der Waals surface area contributed by atoms with E-state index in [1.807, 2.05) is 6.07 Å². The summed E-state index contributed by atoms with van der Waals surface area (Å²) in [6.45, 7) is 4.48. The van der Waals surface area contributed by atoms with E-state index in [0.717, 1.165) is 12.8 Å². The SMILES string of the molecule is CC(C)=CCC(CCO)c1ccccc1. The second-order valence-electron chi connectivity index (χ2n) is 4.14. The number of rotatable bonds is 5. The predicted octanol–water partition coefficient (Wildman–Crippen LogP) is 3.51. The zero-order valence-electron chi connectivity index (χ0n) is 9.61. The molecule has 0 amide bonds. The Morgan fingerprint density at radius 2 is 1.93 bits per heavy atom. The number of hydrogen-bond acceptors (Lipinski definition) is 1. The van der Waals surface area contributed by atoms with Crippen LogP contribution in [0.5, 0.6) is 0 Å². The lowest BCUT2D eigenvalue weighted by Crippen LogP contribution is -2.00. The standard InChI is InChI=1S/C14H20O/c1-12(2)8-9-14(10-11-15)13-6-4-3-5-7-13/h3-8,14-15H,9-11H2,1-2H3. The van der Waals surface area contributed by atoms with Crippen molar-refractivity contribution in [2.24, 2.45) is 0 Å². The molecule has 0 saturated heterocycles. The molecule has 1 aromatic carbocycles. The molecule has 0 fully saturated rings. The van der Waals surface area contributed by atoms with Crippen molar-refractivity contribution in [3.05, 3.63) is 47.5 Å². The van der Waals surface area contributed by atoms with Crippen LogP contribution in [0.25, 0.3) is 0 Å². The van der Waals surface area contributed by atoms with Crippen LogP contribution in [0.2, 0.25) is 0 Å². The normalized spacial score (nSPS) is 12.2. The Morgan fingerprint density at radius 3 is 2.47 bits per heavy atom. The van der Waals surface area contributed by atoms with Crippen LogP contribution >= 0.6 is 0 Å². The maximum atomic E-state index is 9.04. The molecule has 82 valence electrons. The Morgan fingerprint density at radius 1 is 1.27 bits per heavy atom. The molecule has 0 aliphatic rings. The first kappa shape index (κ1) is 12.0. The lowest BCUT2D eigenvalue weighted by Gasteiger charge is -2.14. The minimum Gasteiger partial charge on any atom is -0.396 e. The van der Waals surface area contributed by atoms with Gasteiger partial charge in [0.1, 0.15) is 0 Å². The van der Waals surface area contributed by atoms with Gasteiger partial charge in [-0.3, -0.25) is 0 Å². The van der Waals surface area contributed by atoms with E-state index in [9.17, 15) is 0 Å². The number of hydrogen-bond donors (Lipinski definition) is 1. The first-order chi connectivity index (χ1) is 7.24. The van der Waals surface area contributed by atoms with E-state index in [1.54, 1.807) is 0 Å². The molecular formula is C14H20O. The molecule has 0 aromatic heterocycles. The molecule has 0 aliphatic carbocycles. The van der Waals surface area contributed by atoms with Gasteiger partial charge in [0.05, 0.1) is 0 Å². The van der Waals surface area contributed by atoms with Crippen LogP contribution in [-0.2, 0) is 0 Å². The summed E-state index contributed by atoms with van der Waals surface area (Å²) in [5.74, 6) is 0.450. The molecule has 15 heavy (non-hydrogen) atoms. The van der Waals surface area contributed by atoms with Gasteiger partial charge in [-0.15, -0.1) is 0 Å². The van der Waals surface area contributed by atoms with Crippen LogP contribution in [-0.4, -0.2) is 11.7 Å². The third kappa shape index (κ3) is 4.30. The average molecular weight is 204 g/mol. The summed E-state index contributed by atoms with van der Waals surface area (Å²) in [5.41, 5.74) is 2.66. The van der Waals surface area contributed by atoms with Gasteiger partial charge in [0.2, 0.25) is 0 Å². The molecule has 1 aromatic rings. The van der Waals surface area contributed by atoms with Gasteiger partial charge in [0.15, 0.2) is 0 Å². The van der Waals surface area contributed by atoms with Crippen LogP contribution in [0.4, 0.5) is 0 Å². The van der Waals surface area contributed by atoms with Gasteiger partial charge in [-0.2, -0.15) is 0 Å². The lowest BCUT2D eigenvalue weighted by molar-refractivity contribution is 0.275. The summed E-state index contributed by atoms with van der Waals surface area (Å²) in [4.78, 5) is 0. The van der Waals surface area contributed by atoms with Gasteiger partial charge in [0.25, 0.3) is 0 Å². The Bertz CT molecular complexity index is 296. The van der Waals surface area contributed by atoms with Crippen molar-refractivity contribution >= 4 is 0 Å². The molecule has 0 spiro atoms. The summed E-state index contributed by atoms with van der Waals surface area (Å²) < 4.78 is 0. The van der Waals surface area contributed by atoms with E-state index in [4.69, 9.17) is 5.11 Å². The largest absolute Gasteiger partial charge is 0.396 e. The van der Waals surface area contributed by atoms with E-state index in [-0.39, 0.29) is 6.61 Å². The van der Waals surface area contributed by atoms with E-state index >= 15 is 0 Å². The number of aliphatic hydroxyl groups is 1. The van der Waals surface area contributed by atoms with Crippen LogP contribution in [0, 0.1) is 0 Å². The van der Waals surface area contributed by atoms with Gasteiger partial charge in [0, 0.05) is 6.61 Å². The first-order valence-electron chi connectivity index (χ1n) is 5.53. The molecule has 0 saturated carbocycles. The summed E-state index contributed by atoms with van der Waals surface area (Å²) in [6.07, 6.45) is 4.11. The molecule has 0 bridgehead atoms. The van der Waals surface area contributed by atoms with Crippen LogP contribution < -0.4 is 0 Å². The van der Waals surface area contributed by atoms with Crippen molar-refractivity contribution in [3.8, 4) is 0 Å². The quantitative estimate of drug-likeness (QED) is 0.728. The van der Waals surface area contributed by atoms with Crippen molar-refractivity contribution in [2.75, 3.05) is 6.61 Å². The maximum Gasteiger partial charge on any atom is 0.0436 e. The van der Waals surface area contributed by atoms with Crippen LogP contribution in [0.1, 0.15) is 38.2 Å². The Kier molecular flexibility index (Phi) is 5.13. The molecule has 1 atom stereocenters. The topological polar surface area (TPSA) is 20.2 Å². The summed E-state index contributed by atoms with van der Waals surface area (Å²) in [7, 11) is 0. The van der Waals surface area contributed by atoms with E-state index in [1.165, 1.54) is 11.1 Å². The van der Waals surface area contributed by atoms with E-state index in [2.05, 4.69) is 44.2 Å². The van der Waals surface area contributed by atoms with E-state index in [0.29, 0.717) is 5.92 Å². The van der Waals surface area contributed by atoms with Crippen molar-refractivity contribution in [1.82, 2.24) is 0 Å². The highest BCUT2D eigenvalue weighted by atomic mass is 16.3. The van der Waals surface area contributed by atoms with Crippen molar-refractivity contribution in [2.45, 2.75) is 32.6 Å². The number of allylic oxidation sites excluding steroid dienone is 2. The molecule has 1 heteroatoms. The van der Waals surface area contributed by atoms with Crippen LogP contribution in [0.15, 0.2) is 42.0 Å². The smallest absolute Gasteiger partial charge is 0.0436 e. The zero-order valence-corrected chi connectivity index (χ0v) is 9.61. The van der Waals surface area contributed by atoms with Gasteiger partial charge >= 0.3 is 0 Å². The fourth-order valence-corrected chi connectivity index (χ4v) is 1.68. The molecule has 1 nitrogen and oxygen atoms in total. The first-order valence-corrected chi connectivity index (χ1v) is 5.53. The number of benzene rings is 1. The van der Waals surface area contributed by atoms with E-state index < -0.39 is 0 Å². The average Bonchev–Trinajstić information content (AvgIpc) is 2.25. The second-order valence-corrected chi connectivity index (χ2v) is 4.14. The summed E-state index contributed by atoms with van der Waals surface area (Å²) in [5, 5.41) is 9.04. The minimum atomic E-state index is 0.260. The minimum absolute atomic E-state index is 0.260. The highest BCUT2D eigenvalue weighted by molar-refractivity contribution is 5.20. The Balaban J connectivity index is 2.70. The van der Waals surface area contributed by atoms with Crippen molar-refractivity contribution < 1.29 is 5.11 Å². The molecule has 1 rings (SSSR count). The molecule has 0 heterocycles. The van der Waals surface area contributed by atoms with Gasteiger partial charge in [-0.25, -0.2) is 0 Å². The molecule has 0 radical (unpaired) electrons.